The smallest absolute Gasteiger partial charge is 0.326 e. The van der Waals surface area contributed by atoms with Crippen LogP contribution in [0.3, 0.4) is 0 Å². The fourth-order valence-electron chi connectivity index (χ4n) is 6.35. The number of carbonyl (C=O) groups excluding carboxylic acids is 9. The second-order valence-corrected chi connectivity index (χ2v) is 17.8. The normalized spacial score (nSPS) is 14.4. The minimum Gasteiger partial charge on any atom is -0.481 e. The van der Waals surface area contributed by atoms with Gasteiger partial charge in [0.05, 0.1) is 25.6 Å². The number of nitrogens with one attached hydrogen (secondary N) is 9. The van der Waals surface area contributed by atoms with E-state index in [1.54, 1.807) is 27.7 Å². The molecule has 0 aliphatic carbocycles. The monoisotopic (exact) mass is 1020 g/mol. The number of hydrogen-bond donors (Lipinski definition) is 15. The van der Waals surface area contributed by atoms with Gasteiger partial charge in [-0.05, 0) is 63.3 Å². The summed E-state index contributed by atoms with van der Waals surface area (Å²) in [5, 5.41) is 58.1. The molecule has 402 valence electrons. The van der Waals surface area contributed by atoms with E-state index in [1.807, 2.05) is 0 Å². The van der Waals surface area contributed by atoms with E-state index in [9.17, 15) is 82.8 Å². The van der Waals surface area contributed by atoms with Gasteiger partial charge in [0.2, 0.25) is 53.2 Å². The number of rotatable bonds is 35. The van der Waals surface area contributed by atoms with Crippen LogP contribution in [0, 0.1) is 17.8 Å². The maximum absolute atomic E-state index is 13.6. The van der Waals surface area contributed by atoms with Gasteiger partial charge in [0.25, 0.3) is 0 Å². The second kappa shape index (κ2) is 32.8. The first kappa shape index (κ1) is 64.0. The number of unbranched alkanes of at least 4 members (excludes halogenated alkanes) is 1. The molecule has 8 unspecified atom stereocenters. The van der Waals surface area contributed by atoms with Gasteiger partial charge >= 0.3 is 23.9 Å². The molecular formula is C43H73N11O17. The summed E-state index contributed by atoms with van der Waals surface area (Å²) in [6.07, 6.45) is -1.89. The summed E-state index contributed by atoms with van der Waals surface area (Å²) in [4.78, 5) is 164. The van der Waals surface area contributed by atoms with E-state index in [-0.39, 0.29) is 18.8 Å². The van der Waals surface area contributed by atoms with Crippen molar-refractivity contribution in [3.05, 3.63) is 0 Å². The summed E-state index contributed by atoms with van der Waals surface area (Å²) in [5.41, 5.74) is 11.4. The van der Waals surface area contributed by atoms with Crippen LogP contribution < -0.4 is 59.3 Å². The summed E-state index contributed by atoms with van der Waals surface area (Å²) in [6.45, 7) is 9.60. The fourth-order valence-corrected chi connectivity index (χ4v) is 6.35. The molecule has 0 saturated heterocycles. The van der Waals surface area contributed by atoms with E-state index in [2.05, 4.69) is 47.9 Å². The molecule has 28 heteroatoms. The molecule has 0 heterocycles. The third kappa shape index (κ3) is 26.6. The SMILES string of the molecule is CC(C)CC(NC(=O)C(C)NC(=O)C(CCC(=O)O)NC(=O)CNC(=O)CNC(=O)C(NC(=O)C(CCC(=O)O)NC(=O)C(CC(=O)O)NC(=O)C(NC(=O)C(N)CCCCN)C(C)C)C(C)C)C(=O)O. The summed E-state index contributed by atoms with van der Waals surface area (Å²) in [6, 6.07) is -11.4. The molecule has 0 spiro atoms. The van der Waals surface area contributed by atoms with E-state index in [0.717, 1.165) is 0 Å². The van der Waals surface area contributed by atoms with Crippen LogP contribution in [-0.2, 0) is 62.3 Å². The number of nitrogens with two attached hydrogens (primary N) is 2. The predicted octanol–water partition coefficient (Wildman–Crippen LogP) is -4.26. The average Bonchev–Trinajstić information content (AvgIpc) is 3.26. The highest BCUT2D eigenvalue weighted by Crippen LogP contribution is 2.10. The van der Waals surface area contributed by atoms with Crippen molar-refractivity contribution in [1.82, 2.24) is 47.9 Å². The molecule has 0 aromatic rings. The maximum Gasteiger partial charge on any atom is 0.326 e. The Morgan fingerprint density at radius 2 is 0.915 bits per heavy atom. The zero-order chi connectivity index (χ0) is 54.7. The molecule has 0 aliphatic rings. The first-order chi connectivity index (χ1) is 33.0. The Balaban J connectivity index is 5.86. The lowest BCUT2D eigenvalue weighted by molar-refractivity contribution is -0.143. The van der Waals surface area contributed by atoms with Gasteiger partial charge in [-0.1, -0.05) is 48.0 Å². The number of carbonyl (C=O) groups is 13. The van der Waals surface area contributed by atoms with Gasteiger partial charge in [-0.15, -0.1) is 0 Å². The molecule has 0 fully saturated rings. The highest BCUT2D eigenvalue weighted by molar-refractivity contribution is 5.98. The van der Waals surface area contributed by atoms with E-state index in [1.165, 1.54) is 20.8 Å². The number of hydrogen-bond acceptors (Lipinski definition) is 15. The molecule has 28 nitrogen and oxygen atoms in total. The predicted molar refractivity (Wildman–Crippen MR) is 249 cm³/mol. The number of aliphatic carboxylic acids is 4. The quantitative estimate of drug-likeness (QED) is 0.0267. The first-order valence-corrected chi connectivity index (χ1v) is 23.0. The van der Waals surface area contributed by atoms with Crippen LogP contribution in [-0.4, -0.2) is 165 Å². The van der Waals surface area contributed by atoms with Crippen molar-refractivity contribution in [3.63, 3.8) is 0 Å². The van der Waals surface area contributed by atoms with E-state index < -0.39 is 182 Å². The summed E-state index contributed by atoms with van der Waals surface area (Å²) in [5.74, 6) is -15.8. The van der Waals surface area contributed by atoms with Crippen molar-refractivity contribution in [2.45, 2.75) is 155 Å². The first-order valence-electron chi connectivity index (χ1n) is 23.0. The van der Waals surface area contributed by atoms with Gasteiger partial charge in [-0.2, -0.15) is 0 Å². The highest BCUT2D eigenvalue weighted by atomic mass is 16.4. The standard InChI is InChI=1S/C43H73N11O17/c1-20(2)16-28(43(70)71)52-36(63)23(7)48-38(65)25(11-13-31(57)58)49-30(56)19-46-29(55)18-47-41(68)34(21(3)4)54-39(66)26(12-14-32(59)60)50-40(67)27(17-33(61)62)51-42(69)35(22(5)6)53-37(64)24(45)10-8-9-15-44/h20-28,34-35H,8-19,44-45H2,1-7H3,(H,46,55)(H,47,68)(H,48,65)(H,49,56)(H,50,67)(H,51,69)(H,52,63)(H,53,64)(H,54,66)(H,57,58)(H,59,60)(H,61,62)(H,70,71). The molecule has 0 aromatic carbocycles. The van der Waals surface area contributed by atoms with Crippen molar-refractivity contribution in [3.8, 4) is 0 Å². The molecule has 0 bridgehead atoms. The van der Waals surface area contributed by atoms with Gasteiger partial charge in [0.15, 0.2) is 0 Å². The topological polar surface area (TPSA) is 463 Å². The molecule has 0 radical (unpaired) electrons. The van der Waals surface area contributed by atoms with Gasteiger partial charge in [0.1, 0.15) is 42.3 Å². The van der Waals surface area contributed by atoms with Crippen molar-refractivity contribution < 1.29 is 82.8 Å². The Bertz CT molecular complexity index is 1900. The molecule has 0 saturated carbocycles. The zero-order valence-corrected chi connectivity index (χ0v) is 41.1. The summed E-state index contributed by atoms with van der Waals surface area (Å²) in [7, 11) is 0. The third-order valence-corrected chi connectivity index (χ3v) is 10.3. The minimum absolute atomic E-state index is 0.0872. The Hall–Kier alpha value is -6.97. The van der Waals surface area contributed by atoms with Gasteiger partial charge in [-0.3, -0.25) is 57.5 Å². The van der Waals surface area contributed by atoms with Crippen molar-refractivity contribution >= 4 is 77.0 Å². The number of carboxylic acids is 4. The molecule has 71 heavy (non-hydrogen) atoms. The Labute approximate surface area is 410 Å². The van der Waals surface area contributed by atoms with Gasteiger partial charge in [-0.25, -0.2) is 4.79 Å². The Morgan fingerprint density at radius 1 is 0.451 bits per heavy atom. The molecule has 0 rings (SSSR count). The van der Waals surface area contributed by atoms with E-state index in [4.69, 9.17) is 11.5 Å². The fraction of sp³-hybridized carbons (Fsp3) is 0.698. The summed E-state index contributed by atoms with van der Waals surface area (Å²) < 4.78 is 0. The maximum atomic E-state index is 13.6. The molecular weight excluding hydrogens is 943 g/mol. The van der Waals surface area contributed by atoms with Gasteiger partial charge in [0, 0.05) is 12.8 Å². The molecule has 8 atom stereocenters. The van der Waals surface area contributed by atoms with Crippen molar-refractivity contribution in [2.24, 2.45) is 29.2 Å². The van der Waals surface area contributed by atoms with Crippen molar-refractivity contribution in [2.75, 3.05) is 19.6 Å². The third-order valence-electron chi connectivity index (χ3n) is 10.3. The van der Waals surface area contributed by atoms with Crippen LogP contribution in [0.4, 0.5) is 0 Å². The lowest BCUT2D eigenvalue weighted by Gasteiger charge is -2.28. The van der Waals surface area contributed by atoms with Crippen LogP contribution in [0.25, 0.3) is 0 Å². The molecule has 17 N–H and O–H groups in total. The van der Waals surface area contributed by atoms with Crippen LogP contribution in [0.5, 0.6) is 0 Å². The van der Waals surface area contributed by atoms with E-state index in [0.29, 0.717) is 19.4 Å². The zero-order valence-electron chi connectivity index (χ0n) is 41.1. The highest BCUT2D eigenvalue weighted by Gasteiger charge is 2.35. The molecule has 0 aliphatic heterocycles. The summed E-state index contributed by atoms with van der Waals surface area (Å²) >= 11 is 0. The minimum atomic E-state index is -1.86. The average molecular weight is 1020 g/mol. The molecule has 0 aromatic heterocycles. The van der Waals surface area contributed by atoms with Crippen LogP contribution in [0.1, 0.15) is 106 Å². The van der Waals surface area contributed by atoms with Gasteiger partial charge < -0.3 is 79.7 Å². The lowest BCUT2D eigenvalue weighted by Crippen LogP contribution is -2.60. The van der Waals surface area contributed by atoms with Crippen LogP contribution in [0.15, 0.2) is 0 Å². The Kier molecular flexibility index (Phi) is 29.6. The van der Waals surface area contributed by atoms with Crippen LogP contribution in [0.2, 0.25) is 0 Å². The Morgan fingerprint density at radius 3 is 1.41 bits per heavy atom. The number of amides is 9. The van der Waals surface area contributed by atoms with Crippen LogP contribution >= 0.6 is 0 Å². The lowest BCUT2D eigenvalue weighted by atomic mass is 10.0. The van der Waals surface area contributed by atoms with E-state index >= 15 is 0 Å². The largest absolute Gasteiger partial charge is 0.481 e. The number of carboxylic acid groups (broad SMARTS) is 4. The second-order valence-electron chi connectivity index (χ2n) is 17.8. The van der Waals surface area contributed by atoms with Crippen molar-refractivity contribution in [1.29, 1.82) is 0 Å². The molecule has 9 amide bonds.